The Morgan fingerprint density at radius 2 is 1.96 bits per heavy atom. The lowest BCUT2D eigenvalue weighted by molar-refractivity contribution is 0.0602. The zero-order chi connectivity index (χ0) is 18.1. The Bertz CT molecular complexity index is 752. The van der Waals surface area contributed by atoms with Crippen molar-refractivity contribution in [1.82, 2.24) is 4.90 Å². The zero-order valence-corrected chi connectivity index (χ0v) is 13.9. The summed E-state index contributed by atoms with van der Waals surface area (Å²) in [7, 11) is -3.23. The SMILES string of the molecule is CS(=O)(=O)CC[C@H]1CCCCN1C(=O)c1cc(F)c(F)c(O)c1F. The van der Waals surface area contributed by atoms with Crippen LogP contribution in [0.25, 0.3) is 0 Å². The number of rotatable bonds is 4. The number of hydrogen-bond donors (Lipinski definition) is 1. The molecule has 1 aromatic rings. The summed E-state index contributed by atoms with van der Waals surface area (Å²) in [4.78, 5) is 13.8. The van der Waals surface area contributed by atoms with Crippen molar-refractivity contribution >= 4 is 15.7 Å². The quantitative estimate of drug-likeness (QED) is 0.831. The van der Waals surface area contributed by atoms with Gasteiger partial charge in [0.05, 0.1) is 11.3 Å². The second-order valence-electron chi connectivity index (χ2n) is 5.95. The Hall–Kier alpha value is -1.77. The van der Waals surface area contributed by atoms with Crippen LogP contribution in [0.2, 0.25) is 0 Å². The lowest BCUT2D eigenvalue weighted by atomic mass is 9.98. The molecule has 0 spiro atoms. The number of carbonyl (C=O) groups excluding carboxylic acids is 1. The number of aromatic hydroxyl groups is 1. The van der Waals surface area contributed by atoms with E-state index in [0.29, 0.717) is 18.9 Å². The first kappa shape index (κ1) is 18.6. The minimum Gasteiger partial charge on any atom is -0.503 e. The molecule has 0 bridgehead atoms. The average Bonchev–Trinajstić information content (AvgIpc) is 2.53. The number of sulfone groups is 1. The Labute approximate surface area is 138 Å². The number of phenols is 1. The lowest BCUT2D eigenvalue weighted by Gasteiger charge is -2.36. The second kappa shape index (κ2) is 7.00. The van der Waals surface area contributed by atoms with Crippen molar-refractivity contribution in [1.29, 1.82) is 0 Å². The van der Waals surface area contributed by atoms with Crippen molar-refractivity contribution in [3.8, 4) is 5.75 Å². The summed E-state index contributed by atoms with van der Waals surface area (Å²) in [5.41, 5.74) is -0.766. The van der Waals surface area contributed by atoms with Crippen molar-refractivity contribution in [3.05, 3.63) is 29.1 Å². The summed E-state index contributed by atoms with van der Waals surface area (Å²) in [6.07, 6.45) is 3.22. The van der Waals surface area contributed by atoms with Crippen molar-refractivity contribution in [2.45, 2.75) is 31.7 Å². The smallest absolute Gasteiger partial charge is 0.257 e. The summed E-state index contributed by atoms with van der Waals surface area (Å²) in [5, 5.41) is 9.25. The minimum absolute atomic E-state index is 0.132. The van der Waals surface area contributed by atoms with Gasteiger partial charge in [-0.1, -0.05) is 0 Å². The Morgan fingerprint density at radius 1 is 1.29 bits per heavy atom. The third-order valence-electron chi connectivity index (χ3n) is 4.07. The van der Waals surface area contributed by atoms with E-state index in [4.69, 9.17) is 0 Å². The van der Waals surface area contributed by atoms with E-state index in [9.17, 15) is 31.5 Å². The third kappa shape index (κ3) is 4.00. The van der Waals surface area contributed by atoms with Gasteiger partial charge in [0, 0.05) is 18.8 Å². The molecule has 24 heavy (non-hydrogen) atoms. The second-order valence-corrected chi connectivity index (χ2v) is 8.21. The summed E-state index contributed by atoms with van der Waals surface area (Å²) in [6.45, 7) is 0.256. The van der Waals surface area contributed by atoms with E-state index in [1.54, 1.807) is 0 Å². The Balaban J connectivity index is 2.29. The van der Waals surface area contributed by atoms with E-state index in [0.717, 1.165) is 12.7 Å². The number of phenolic OH excluding ortho intramolecular Hbond substituents is 1. The number of hydrogen-bond acceptors (Lipinski definition) is 4. The molecule has 134 valence electrons. The van der Waals surface area contributed by atoms with Gasteiger partial charge in [-0.05, 0) is 31.7 Å². The lowest BCUT2D eigenvalue weighted by Crippen LogP contribution is -2.44. The van der Waals surface area contributed by atoms with E-state index in [2.05, 4.69) is 0 Å². The molecule has 0 radical (unpaired) electrons. The first-order chi connectivity index (χ1) is 11.1. The molecule has 1 heterocycles. The van der Waals surface area contributed by atoms with Gasteiger partial charge in [0.1, 0.15) is 9.84 Å². The fourth-order valence-electron chi connectivity index (χ4n) is 2.82. The summed E-state index contributed by atoms with van der Waals surface area (Å²) < 4.78 is 63.1. The van der Waals surface area contributed by atoms with E-state index in [-0.39, 0.29) is 18.7 Å². The molecule has 0 aromatic heterocycles. The molecule has 2 rings (SSSR count). The molecule has 1 aliphatic heterocycles. The van der Waals surface area contributed by atoms with E-state index in [1.807, 2.05) is 0 Å². The molecule has 0 saturated carbocycles. The fourth-order valence-corrected chi connectivity index (χ4v) is 3.52. The number of carbonyl (C=O) groups is 1. The Morgan fingerprint density at radius 3 is 2.58 bits per heavy atom. The highest BCUT2D eigenvalue weighted by Gasteiger charge is 2.31. The topological polar surface area (TPSA) is 74.7 Å². The number of likely N-dealkylation sites (tertiary alicyclic amines) is 1. The van der Waals surface area contributed by atoms with Gasteiger partial charge in [-0.15, -0.1) is 0 Å². The number of nitrogens with zero attached hydrogens (tertiary/aromatic N) is 1. The van der Waals surface area contributed by atoms with Gasteiger partial charge in [-0.3, -0.25) is 4.79 Å². The van der Waals surface area contributed by atoms with Gasteiger partial charge in [-0.2, -0.15) is 4.39 Å². The highest BCUT2D eigenvalue weighted by atomic mass is 32.2. The molecule has 1 amide bonds. The van der Waals surface area contributed by atoms with Gasteiger partial charge < -0.3 is 10.0 Å². The molecule has 0 aliphatic carbocycles. The van der Waals surface area contributed by atoms with Gasteiger partial charge in [0.2, 0.25) is 5.82 Å². The largest absolute Gasteiger partial charge is 0.503 e. The summed E-state index contributed by atoms with van der Waals surface area (Å²) in [5.74, 6) is -7.36. The molecule has 5 nitrogen and oxygen atoms in total. The first-order valence-corrected chi connectivity index (χ1v) is 9.53. The van der Waals surface area contributed by atoms with Crippen LogP contribution in [-0.4, -0.2) is 48.9 Å². The predicted molar refractivity (Wildman–Crippen MR) is 81.0 cm³/mol. The van der Waals surface area contributed by atoms with Gasteiger partial charge in [0.25, 0.3) is 5.91 Å². The van der Waals surface area contributed by atoms with Crippen LogP contribution < -0.4 is 0 Å². The van der Waals surface area contributed by atoms with Crippen molar-refractivity contribution in [3.63, 3.8) is 0 Å². The van der Waals surface area contributed by atoms with Crippen LogP contribution in [0, 0.1) is 17.5 Å². The van der Waals surface area contributed by atoms with Crippen molar-refractivity contribution in [2.24, 2.45) is 0 Å². The van der Waals surface area contributed by atoms with E-state index in [1.165, 1.54) is 4.90 Å². The van der Waals surface area contributed by atoms with Crippen LogP contribution in [0.1, 0.15) is 36.0 Å². The van der Waals surface area contributed by atoms with Crippen LogP contribution in [0.5, 0.6) is 5.75 Å². The maximum Gasteiger partial charge on any atom is 0.257 e. The van der Waals surface area contributed by atoms with Gasteiger partial charge >= 0.3 is 0 Å². The molecule has 1 saturated heterocycles. The first-order valence-electron chi connectivity index (χ1n) is 7.47. The van der Waals surface area contributed by atoms with Crippen LogP contribution in [0.3, 0.4) is 0 Å². The van der Waals surface area contributed by atoms with Crippen LogP contribution >= 0.6 is 0 Å². The number of benzene rings is 1. The molecular formula is C15H18F3NO4S. The number of amides is 1. The molecule has 1 atom stereocenters. The third-order valence-corrected chi connectivity index (χ3v) is 5.05. The minimum atomic E-state index is -3.23. The molecule has 1 aromatic carbocycles. The monoisotopic (exact) mass is 365 g/mol. The predicted octanol–water partition coefficient (Wildman–Crippen LogP) is 2.24. The van der Waals surface area contributed by atoms with E-state index < -0.39 is 50.6 Å². The average molecular weight is 365 g/mol. The van der Waals surface area contributed by atoms with Gasteiger partial charge in [0.15, 0.2) is 17.4 Å². The highest BCUT2D eigenvalue weighted by Crippen LogP contribution is 2.29. The number of piperidine rings is 1. The van der Waals surface area contributed by atoms with Crippen molar-refractivity contribution < 1.29 is 31.5 Å². The maximum atomic E-state index is 14.0. The standard InChI is InChI=1S/C15H18F3NO4S/c1-24(22,23)7-5-9-4-2-3-6-19(9)15(21)10-8-11(16)13(18)14(20)12(10)17/h8-9,20H,2-7H2,1H3/t9-/m1/s1. The molecule has 1 N–H and O–H groups in total. The van der Waals surface area contributed by atoms with E-state index >= 15 is 0 Å². The molecular weight excluding hydrogens is 347 g/mol. The Kier molecular flexibility index (Phi) is 5.42. The molecule has 0 unspecified atom stereocenters. The van der Waals surface area contributed by atoms with Crippen LogP contribution in [-0.2, 0) is 9.84 Å². The zero-order valence-electron chi connectivity index (χ0n) is 13.1. The number of halogens is 3. The summed E-state index contributed by atoms with van der Waals surface area (Å²) in [6, 6.07) is -0.0229. The molecule has 1 aliphatic rings. The highest BCUT2D eigenvalue weighted by molar-refractivity contribution is 7.90. The summed E-state index contributed by atoms with van der Waals surface area (Å²) >= 11 is 0. The van der Waals surface area contributed by atoms with Gasteiger partial charge in [-0.25, -0.2) is 17.2 Å². The fraction of sp³-hybridized carbons (Fsp3) is 0.533. The maximum absolute atomic E-state index is 14.0. The van der Waals surface area contributed by atoms with Crippen LogP contribution in [0.4, 0.5) is 13.2 Å². The van der Waals surface area contributed by atoms with Crippen molar-refractivity contribution in [2.75, 3.05) is 18.6 Å². The molecule has 9 heteroatoms. The molecule has 1 fully saturated rings. The normalized spacial score (nSPS) is 18.7. The van der Waals surface area contributed by atoms with Crippen LogP contribution in [0.15, 0.2) is 6.07 Å².